The Balaban J connectivity index is 2.30. The molecule has 0 bridgehead atoms. The van der Waals surface area contributed by atoms with E-state index in [1.165, 1.54) is 6.07 Å². The van der Waals surface area contributed by atoms with Gasteiger partial charge in [-0.15, -0.1) is 0 Å². The lowest BCUT2D eigenvalue weighted by molar-refractivity contribution is -0.385. The first-order valence-electron chi connectivity index (χ1n) is 6.66. The number of nitro groups is 1. The minimum Gasteiger partial charge on any atom is -0.378 e. The van der Waals surface area contributed by atoms with Crippen LogP contribution < -0.4 is 5.32 Å². The summed E-state index contributed by atoms with van der Waals surface area (Å²) < 4.78 is 1.09. The maximum absolute atomic E-state index is 11.1. The predicted octanol–water partition coefficient (Wildman–Crippen LogP) is 5.15. The van der Waals surface area contributed by atoms with Crippen LogP contribution in [0.2, 0.25) is 0 Å². The Morgan fingerprint density at radius 3 is 2.33 bits per heavy atom. The number of para-hydroxylation sites is 1. The number of hydrogen-bond donors (Lipinski definition) is 1. The van der Waals surface area contributed by atoms with E-state index >= 15 is 0 Å². The monoisotopic (exact) mass is 348 g/mol. The number of hydrogen-bond acceptors (Lipinski definition) is 3. The maximum atomic E-state index is 11.1. The number of benzene rings is 2. The number of aryl methyl sites for hydroxylation is 2. The Bertz CT molecular complexity index is 663. The average Bonchev–Trinajstić information content (AvgIpc) is 2.44. The van der Waals surface area contributed by atoms with Crippen molar-refractivity contribution in [2.45, 2.75) is 26.8 Å². The molecule has 0 saturated carbocycles. The first-order valence-corrected chi connectivity index (χ1v) is 7.46. The molecule has 21 heavy (non-hydrogen) atoms. The molecule has 4 nitrogen and oxygen atoms in total. The van der Waals surface area contributed by atoms with Gasteiger partial charge in [0.15, 0.2) is 0 Å². The lowest BCUT2D eigenvalue weighted by atomic mass is 10.0. The molecular formula is C16H17BrN2O2. The fourth-order valence-electron chi connectivity index (χ4n) is 2.38. The van der Waals surface area contributed by atoms with Crippen LogP contribution in [0.4, 0.5) is 11.4 Å². The summed E-state index contributed by atoms with van der Waals surface area (Å²) in [5.74, 6) is 0. The Hall–Kier alpha value is -1.88. The molecule has 0 amide bonds. The molecule has 2 aromatic carbocycles. The normalized spacial score (nSPS) is 12.0. The predicted molar refractivity (Wildman–Crippen MR) is 88.8 cm³/mol. The fraction of sp³-hybridized carbons (Fsp3) is 0.250. The van der Waals surface area contributed by atoms with E-state index in [1.54, 1.807) is 12.1 Å². The van der Waals surface area contributed by atoms with Crippen LogP contribution >= 0.6 is 15.9 Å². The van der Waals surface area contributed by atoms with Gasteiger partial charge in [-0.2, -0.15) is 0 Å². The molecular weight excluding hydrogens is 332 g/mol. The van der Waals surface area contributed by atoms with E-state index in [0.717, 1.165) is 21.3 Å². The van der Waals surface area contributed by atoms with Gasteiger partial charge in [-0.25, -0.2) is 0 Å². The van der Waals surface area contributed by atoms with Crippen LogP contribution in [0.1, 0.15) is 29.7 Å². The van der Waals surface area contributed by atoms with Gasteiger partial charge in [0.05, 0.1) is 16.5 Å². The molecule has 110 valence electrons. The van der Waals surface area contributed by atoms with Crippen molar-refractivity contribution >= 4 is 27.3 Å². The molecule has 5 heteroatoms. The standard InChI is InChI=1S/C16H17BrN2O2/c1-10-8-13(9-11(2)16(10)17)18-12(3)14-6-4-5-7-15(14)19(20)21/h4-9,12,18H,1-3H3. The van der Waals surface area contributed by atoms with Gasteiger partial charge >= 0.3 is 0 Å². The van der Waals surface area contributed by atoms with Crippen molar-refractivity contribution in [1.82, 2.24) is 0 Å². The van der Waals surface area contributed by atoms with Crippen LogP contribution in [0.3, 0.4) is 0 Å². The molecule has 0 spiro atoms. The van der Waals surface area contributed by atoms with E-state index in [9.17, 15) is 10.1 Å². The van der Waals surface area contributed by atoms with Gasteiger partial charge in [-0.3, -0.25) is 10.1 Å². The quantitative estimate of drug-likeness (QED) is 0.614. The Morgan fingerprint density at radius 2 is 1.76 bits per heavy atom. The van der Waals surface area contributed by atoms with E-state index in [1.807, 2.05) is 39.0 Å². The summed E-state index contributed by atoms with van der Waals surface area (Å²) in [5, 5.41) is 14.4. The highest BCUT2D eigenvalue weighted by atomic mass is 79.9. The van der Waals surface area contributed by atoms with Crippen molar-refractivity contribution < 1.29 is 4.92 Å². The fourth-order valence-corrected chi connectivity index (χ4v) is 2.61. The van der Waals surface area contributed by atoms with Gasteiger partial charge in [0.1, 0.15) is 0 Å². The largest absolute Gasteiger partial charge is 0.378 e. The third kappa shape index (κ3) is 3.42. The van der Waals surface area contributed by atoms with Crippen LogP contribution in [0.5, 0.6) is 0 Å². The summed E-state index contributed by atoms with van der Waals surface area (Å²) >= 11 is 3.54. The molecule has 1 unspecified atom stereocenters. The summed E-state index contributed by atoms with van der Waals surface area (Å²) in [5.41, 5.74) is 4.04. The summed E-state index contributed by atoms with van der Waals surface area (Å²) in [6.45, 7) is 5.98. The van der Waals surface area contributed by atoms with Crippen LogP contribution in [0.25, 0.3) is 0 Å². The molecule has 0 aliphatic carbocycles. The summed E-state index contributed by atoms with van der Waals surface area (Å²) in [6.07, 6.45) is 0. The van der Waals surface area contributed by atoms with E-state index in [4.69, 9.17) is 0 Å². The molecule has 2 aromatic rings. The van der Waals surface area contributed by atoms with Crippen molar-refractivity contribution in [2.24, 2.45) is 0 Å². The number of nitrogens with zero attached hydrogens (tertiary/aromatic N) is 1. The summed E-state index contributed by atoms with van der Waals surface area (Å²) in [4.78, 5) is 10.8. The van der Waals surface area contributed by atoms with Gasteiger partial charge in [0, 0.05) is 16.2 Å². The van der Waals surface area contributed by atoms with E-state index in [-0.39, 0.29) is 16.7 Å². The first kappa shape index (κ1) is 15.5. The van der Waals surface area contributed by atoms with Crippen LogP contribution in [-0.2, 0) is 0 Å². The molecule has 1 atom stereocenters. The topological polar surface area (TPSA) is 55.2 Å². The van der Waals surface area contributed by atoms with Gasteiger partial charge < -0.3 is 5.32 Å². The highest BCUT2D eigenvalue weighted by Crippen LogP contribution is 2.30. The molecule has 0 aliphatic heterocycles. The lowest BCUT2D eigenvalue weighted by Gasteiger charge is -2.17. The number of nitro benzene ring substituents is 1. The lowest BCUT2D eigenvalue weighted by Crippen LogP contribution is -2.09. The SMILES string of the molecule is Cc1cc(NC(C)c2ccccc2[N+](=O)[O-])cc(C)c1Br. The average molecular weight is 349 g/mol. The zero-order valence-electron chi connectivity index (χ0n) is 12.2. The second kappa shape index (κ2) is 6.26. The second-order valence-corrected chi connectivity index (χ2v) is 5.90. The molecule has 0 heterocycles. The molecule has 0 saturated heterocycles. The maximum Gasteiger partial charge on any atom is 0.274 e. The van der Waals surface area contributed by atoms with Gasteiger partial charge in [-0.1, -0.05) is 34.1 Å². The number of anilines is 1. The summed E-state index contributed by atoms with van der Waals surface area (Å²) in [7, 11) is 0. The molecule has 1 N–H and O–H groups in total. The molecule has 0 aromatic heterocycles. The second-order valence-electron chi connectivity index (χ2n) is 5.11. The van der Waals surface area contributed by atoms with Crippen molar-refractivity contribution in [2.75, 3.05) is 5.32 Å². The van der Waals surface area contributed by atoms with Gasteiger partial charge in [0.2, 0.25) is 0 Å². The third-order valence-corrected chi connectivity index (χ3v) is 4.67. The van der Waals surface area contributed by atoms with Crippen molar-refractivity contribution in [1.29, 1.82) is 0 Å². The smallest absolute Gasteiger partial charge is 0.274 e. The Kier molecular flexibility index (Phi) is 4.63. The van der Waals surface area contributed by atoms with E-state index in [0.29, 0.717) is 5.56 Å². The van der Waals surface area contributed by atoms with Gasteiger partial charge in [-0.05, 0) is 44.0 Å². The number of nitrogens with one attached hydrogen (secondary N) is 1. The van der Waals surface area contributed by atoms with Crippen molar-refractivity contribution in [3.8, 4) is 0 Å². The van der Waals surface area contributed by atoms with Crippen LogP contribution in [0, 0.1) is 24.0 Å². The number of halogens is 1. The van der Waals surface area contributed by atoms with Gasteiger partial charge in [0.25, 0.3) is 5.69 Å². The van der Waals surface area contributed by atoms with E-state index < -0.39 is 0 Å². The summed E-state index contributed by atoms with van der Waals surface area (Å²) in [6, 6.07) is 10.7. The molecule has 0 radical (unpaired) electrons. The minimum absolute atomic E-state index is 0.142. The van der Waals surface area contributed by atoms with Crippen LogP contribution in [0.15, 0.2) is 40.9 Å². The Labute approximate surface area is 132 Å². The van der Waals surface area contributed by atoms with Crippen molar-refractivity contribution in [3.63, 3.8) is 0 Å². The first-order chi connectivity index (χ1) is 9.90. The zero-order valence-corrected chi connectivity index (χ0v) is 13.8. The van der Waals surface area contributed by atoms with Crippen molar-refractivity contribution in [3.05, 3.63) is 67.7 Å². The molecule has 0 fully saturated rings. The van der Waals surface area contributed by atoms with Crippen LogP contribution in [-0.4, -0.2) is 4.92 Å². The highest BCUT2D eigenvalue weighted by molar-refractivity contribution is 9.10. The zero-order chi connectivity index (χ0) is 15.6. The van der Waals surface area contributed by atoms with E-state index in [2.05, 4.69) is 21.2 Å². The molecule has 0 aliphatic rings. The highest BCUT2D eigenvalue weighted by Gasteiger charge is 2.18. The molecule has 2 rings (SSSR count). The third-order valence-electron chi connectivity index (χ3n) is 3.42. The number of rotatable bonds is 4. The Morgan fingerprint density at radius 1 is 1.19 bits per heavy atom. The minimum atomic E-state index is -0.342.